The van der Waals surface area contributed by atoms with Gasteiger partial charge in [-0.3, -0.25) is 4.79 Å². The van der Waals surface area contributed by atoms with Crippen LogP contribution in [0.2, 0.25) is 5.28 Å². The minimum Gasteiger partial charge on any atom is -0.363 e. The van der Waals surface area contributed by atoms with Gasteiger partial charge in [0.25, 0.3) is 0 Å². The number of aromatic nitrogens is 2. The maximum absolute atomic E-state index is 13.1. The Balaban J connectivity index is 1.22. The van der Waals surface area contributed by atoms with Crippen molar-refractivity contribution in [1.29, 1.82) is 0 Å². The number of anilines is 1. The number of benzene rings is 1. The highest BCUT2D eigenvalue weighted by Crippen LogP contribution is 2.36. The molecular weight excluding hydrogens is 491 g/mol. The van der Waals surface area contributed by atoms with Crippen LogP contribution in [0.1, 0.15) is 54.6 Å². The van der Waals surface area contributed by atoms with Crippen LogP contribution in [0.5, 0.6) is 0 Å². The third-order valence-electron chi connectivity index (χ3n) is 7.44. The van der Waals surface area contributed by atoms with Crippen LogP contribution in [0.15, 0.2) is 36.0 Å². The molecule has 3 heterocycles. The van der Waals surface area contributed by atoms with E-state index in [1.807, 2.05) is 11.1 Å². The molecule has 2 aliphatic heterocycles. The summed E-state index contributed by atoms with van der Waals surface area (Å²) in [5, 5.41) is 6.73. The summed E-state index contributed by atoms with van der Waals surface area (Å²) in [6.07, 6.45) is 1.24. The molecule has 1 unspecified atom stereocenters. The van der Waals surface area contributed by atoms with Crippen molar-refractivity contribution in [2.45, 2.75) is 51.2 Å². The molecule has 2 aromatic rings. The first kappa shape index (κ1) is 25.0. The zero-order valence-electron chi connectivity index (χ0n) is 20.0. The van der Waals surface area contributed by atoms with Crippen LogP contribution >= 0.6 is 11.6 Å². The summed E-state index contributed by atoms with van der Waals surface area (Å²) in [7, 11) is 0. The summed E-state index contributed by atoms with van der Waals surface area (Å²) >= 11 is 6.18. The van der Waals surface area contributed by atoms with Gasteiger partial charge in [0, 0.05) is 43.2 Å². The summed E-state index contributed by atoms with van der Waals surface area (Å²) in [5.74, 6) is 1.36. The predicted octanol–water partition coefficient (Wildman–Crippen LogP) is 5.15. The molecule has 36 heavy (non-hydrogen) atoms. The number of nitrogens with zero attached hydrogens (tertiary/aromatic N) is 3. The Labute approximate surface area is 213 Å². The predicted molar refractivity (Wildman–Crippen MR) is 131 cm³/mol. The monoisotopic (exact) mass is 519 g/mol. The minimum absolute atomic E-state index is 0.101. The number of hydrogen-bond acceptors (Lipinski definition) is 5. The van der Waals surface area contributed by atoms with Gasteiger partial charge in [-0.15, -0.1) is 0 Å². The number of halogens is 4. The van der Waals surface area contributed by atoms with Crippen LogP contribution in [0.4, 0.5) is 19.0 Å². The van der Waals surface area contributed by atoms with Gasteiger partial charge in [0.1, 0.15) is 5.82 Å². The molecule has 0 bridgehead atoms. The van der Waals surface area contributed by atoms with Crippen molar-refractivity contribution in [3.05, 3.63) is 63.7 Å². The molecule has 1 saturated heterocycles. The molecule has 192 valence electrons. The van der Waals surface area contributed by atoms with Crippen molar-refractivity contribution < 1.29 is 18.0 Å². The highest BCUT2D eigenvalue weighted by Gasteiger charge is 2.33. The molecule has 1 aliphatic carbocycles. The molecule has 5 rings (SSSR count). The first-order valence-electron chi connectivity index (χ1n) is 12.4. The lowest BCUT2D eigenvalue weighted by Crippen LogP contribution is -2.34. The van der Waals surface area contributed by atoms with Gasteiger partial charge in [0.2, 0.25) is 11.2 Å². The van der Waals surface area contributed by atoms with Gasteiger partial charge in [-0.05, 0) is 79.9 Å². The van der Waals surface area contributed by atoms with E-state index in [0.29, 0.717) is 36.6 Å². The third-order valence-corrected chi connectivity index (χ3v) is 7.61. The summed E-state index contributed by atoms with van der Waals surface area (Å²) in [5.41, 5.74) is 2.95. The minimum atomic E-state index is -4.40. The van der Waals surface area contributed by atoms with Gasteiger partial charge in [-0.2, -0.15) is 13.2 Å². The van der Waals surface area contributed by atoms with Gasteiger partial charge in [0.05, 0.1) is 11.3 Å². The smallest absolute Gasteiger partial charge is 0.363 e. The van der Waals surface area contributed by atoms with Crippen LogP contribution in [0.25, 0.3) is 0 Å². The SMILES string of the molecule is C[C@@H](Nc1nc(Cl)nc2c1CC(CCC(=O)N1C=C3CCNC[C@@H]3C1)C2)c1cccc(C(F)(F)F)c1. The van der Waals surface area contributed by atoms with Crippen LogP contribution in [-0.4, -0.2) is 40.4 Å². The standard InChI is InChI=1S/C26H29ClF3N5O/c1-15(17-3-2-4-20(11-17)26(28,29)30)32-24-21-9-16(10-22(21)33-25(27)34-24)5-6-23(36)35-13-18-7-8-31-12-19(18)14-35/h2-4,11,13,15-16,19,31H,5-10,12,14H2,1H3,(H,32,33,34)/t15-,16?,19-/m1/s1. The lowest BCUT2D eigenvalue weighted by atomic mass is 9.96. The zero-order valence-corrected chi connectivity index (χ0v) is 20.8. The van der Waals surface area contributed by atoms with E-state index in [1.165, 1.54) is 11.6 Å². The van der Waals surface area contributed by atoms with Crippen LogP contribution < -0.4 is 10.6 Å². The molecule has 10 heteroatoms. The molecule has 0 radical (unpaired) electrons. The molecule has 1 amide bonds. The van der Waals surface area contributed by atoms with E-state index in [1.54, 1.807) is 13.0 Å². The maximum atomic E-state index is 13.1. The van der Waals surface area contributed by atoms with Crippen LogP contribution in [0, 0.1) is 11.8 Å². The topological polar surface area (TPSA) is 70.2 Å². The quantitative estimate of drug-likeness (QED) is 0.516. The van der Waals surface area contributed by atoms with Crippen LogP contribution in [-0.2, 0) is 23.8 Å². The van der Waals surface area contributed by atoms with Crippen molar-refractivity contribution in [3.8, 4) is 0 Å². The first-order chi connectivity index (χ1) is 17.2. The molecule has 3 atom stereocenters. The number of alkyl halides is 3. The lowest BCUT2D eigenvalue weighted by Gasteiger charge is -2.21. The fourth-order valence-electron chi connectivity index (χ4n) is 5.45. The number of carbonyl (C=O) groups excluding carboxylic acids is 1. The molecule has 3 aliphatic rings. The van der Waals surface area contributed by atoms with Gasteiger partial charge < -0.3 is 15.5 Å². The van der Waals surface area contributed by atoms with E-state index < -0.39 is 17.8 Å². The largest absolute Gasteiger partial charge is 0.416 e. The molecule has 2 N–H and O–H groups in total. The Morgan fingerprint density at radius 3 is 2.92 bits per heavy atom. The Morgan fingerprint density at radius 1 is 1.31 bits per heavy atom. The number of piperidine rings is 1. The van der Waals surface area contributed by atoms with Crippen molar-refractivity contribution in [2.24, 2.45) is 11.8 Å². The number of carbonyl (C=O) groups is 1. The average Bonchev–Trinajstić information content (AvgIpc) is 3.46. The molecule has 6 nitrogen and oxygen atoms in total. The van der Waals surface area contributed by atoms with Crippen molar-refractivity contribution in [3.63, 3.8) is 0 Å². The average molecular weight is 520 g/mol. The zero-order chi connectivity index (χ0) is 25.4. The highest BCUT2D eigenvalue weighted by molar-refractivity contribution is 6.28. The maximum Gasteiger partial charge on any atom is 0.416 e. The van der Waals surface area contributed by atoms with Crippen molar-refractivity contribution in [2.75, 3.05) is 25.0 Å². The first-order valence-corrected chi connectivity index (χ1v) is 12.7. The number of hydrogen-bond donors (Lipinski definition) is 2. The van der Waals surface area contributed by atoms with Crippen molar-refractivity contribution in [1.82, 2.24) is 20.2 Å². The molecule has 1 fully saturated rings. The van der Waals surface area contributed by atoms with Gasteiger partial charge >= 0.3 is 6.18 Å². The highest BCUT2D eigenvalue weighted by atomic mass is 35.5. The Kier molecular flexibility index (Phi) is 6.96. The molecule has 1 aromatic heterocycles. The fraction of sp³-hybridized carbons (Fsp3) is 0.500. The van der Waals surface area contributed by atoms with E-state index in [-0.39, 0.29) is 17.1 Å². The third kappa shape index (κ3) is 5.37. The summed E-state index contributed by atoms with van der Waals surface area (Å²) in [4.78, 5) is 23.5. The number of fused-ring (bicyclic) bond motifs is 2. The molecule has 0 spiro atoms. The lowest BCUT2D eigenvalue weighted by molar-refractivity contribution is -0.137. The summed E-state index contributed by atoms with van der Waals surface area (Å²) in [6, 6.07) is 4.86. The molecular formula is C26H29ClF3N5O. The Morgan fingerprint density at radius 2 is 2.14 bits per heavy atom. The van der Waals surface area contributed by atoms with Gasteiger partial charge in [-0.25, -0.2) is 9.97 Å². The number of nitrogens with one attached hydrogen (secondary N) is 2. The number of amides is 1. The second-order valence-corrected chi connectivity index (χ2v) is 10.3. The fourth-order valence-corrected chi connectivity index (χ4v) is 5.63. The van der Waals surface area contributed by atoms with Gasteiger partial charge in [-0.1, -0.05) is 12.1 Å². The van der Waals surface area contributed by atoms with E-state index >= 15 is 0 Å². The summed E-state index contributed by atoms with van der Waals surface area (Å²) < 4.78 is 39.4. The van der Waals surface area contributed by atoms with Crippen molar-refractivity contribution >= 4 is 23.3 Å². The van der Waals surface area contributed by atoms with E-state index in [2.05, 4.69) is 20.6 Å². The number of rotatable bonds is 6. The molecule has 0 saturated carbocycles. The van der Waals surface area contributed by atoms with E-state index in [0.717, 1.165) is 55.9 Å². The summed E-state index contributed by atoms with van der Waals surface area (Å²) in [6.45, 7) is 4.45. The van der Waals surface area contributed by atoms with E-state index in [9.17, 15) is 18.0 Å². The normalized spacial score (nSPS) is 22.1. The molecule has 1 aromatic carbocycles. The Bertz CT molecular complexity index is 1180. The van der Waals surface area contributed by atoms with Gasteiger partial charge in [0.15, 0.2) is 0 Å². The Hall–Kier alpha value is -2.65. The second kappa shape index (κ2) is 10.0. The second-order valence-electron chi connectivity index (χ2n) is 9.97. The van der Waals surface area contributed by atoms with E-state index in [4.69, 9.17) is 11.6 Å². The van der Waals surface area contributed by atoms with Crippen LogP contribution in [0.3, 0.4) is 0 Å².